The van der Waals surface area contributed by atoms with E-state index in [2.05, 4.69) is 98.8 Å². The Bertz CT molecular complexity index is 988. The molecular formula is C26H24. The molecule has 4 rings (SSSR count). The summed E-state index contributed by atoms with van der Waals surface area (Å²) in [6.07, 6.45) is 8.95. The van der Waals surface area contributed by atoms with Gasteiger partial charge < -0.3 is 0 Å². The molecular weight excluding hydrogens is 312 g/mol. The van der Waals surface area contributed by atoms with Crippen molar-refractivity contribution in [3.63, 3.8) is 0 Å². The van der Waals surface area contributed by atoms with Crippen LogP contribution < -0.4 is 0 Å². The topological polar surface area (TPSA) is 0 Å². The Labute approximate surface area is 156 Å². The van der Waals surface area contributed by atoms with Crippen molar-refractivity contribution in [2.24, 2.45) is 0 Å². The molecule has 0 nitrogen and oxygen atoms in total. The van der Waals surface area contributed by atoms with E-state index in [9.17, 15) is 0 Å². The van der Waals surface area contributed by atoms with Crippen molar-refractivity contribution in [1.29, 1.82) is 0 Å². The smallest absolute Gasteiger partial charge is 0.0152 e. The molecule has 0 fully saturated rings. The van der Waals surface area contributed by atoms with E-state index in [-0.39, 0.29) is 0 Å². The summed E-state index contributed by atoms with van der Waals surface area (Å²) in [7, 11) is 0. The number of allylic oxidation sites excluding steroid dienone is 4. The lowest BCUT2D eigenvalue weighted by molar-refractivity contribution is 1.05. The molecule has 0 N–H and O–H groups in total. The van der Waals surface area contributed by atoms with Crippen LogP contribution in [0, 0.1) is 13.8 Å². The molecule has 0 saturated carbocycles. The molecule has 0 amide bonds. The maximum absolute atomic E-state index is 2.34. The zero-order chi connectivity index (χ0) is 17.9. The second-order valence-electron chi connectivity index (χ2n) is 7.08. The molecule has 3 aromatic carbocycles. The summed E-state index contributed by atoms with van der Waals surface area (Å²) in [6.45, 7) is 4.44. The second kappa shape index (κ2) is 7.17. The fourth-order valence-electron chi connectivity index (χ4n) is 3.78. The molecule has 0 heteroatoms. The van der Waals surface area contributed by atoms with Crippen LogP contribution in [0.2, 0.25) is 0 Å². The van der Waals surface area contributed by atoms with Gasteiger partial charge in [0.2, 0.25) is 0 Å². The first kappa shape index (κ1) is 16.6. The molecule has 3 aromatic rings. The van der Waals surface area contributed by atoms with Crippen molar-refractivity contribution in [1.82, 2.24) is 0 Å². The van der Waals surface area contributed by atoms with Gasteiger partial charge in [0.15, 0.2) is 0 Å². The third-order valence-corrected chi connectivity index (χ3v) is 5.23. The van der Waals surface area contributed by atoms with Crippen LogP contribution >= 0.6 is 0 Å². The van der Waals surface area contributed by atoms with Crippen LogP contribution in [0.3, 0.4) is 0 Å². The van der Waals surface area contributed by atoms with E-state index >= 15 is 0 Å². The highest BCUT2D eigenvalue weighted by atomic mass is 14.1. The quantitative estimate of drug-likeness (QED) is 0.468. The average Bonchev–Trinajstić information content (AvgIpc) is 2.69. The van der Waals surface area contributed by atoms with E-state index in [4.69, 9.17) is 0 Å². The number of aryl methyl sites for hydroxylation is 2. The Morgan fingerprint density at radius 3 is 1.92 bits per heavy atom. The monoisotopic (exact) mass is 336 g/mol. The molecule has 26 heavy (non-hydrogen) atoms. The molecule has 0 saturated heterocycles. The van der Waals surface area contributed by atoms with Crippen molar-refractivity contribution >= 4 is 5.57 Å². The summed E-state index contributed by atoms with van der Waals surface area (Å²) in [5.74, 6) is 0. The maximum atomic E-state index is 2.34. The lowest BCUT2D eigenvalue weighted by Crippen LogP contribution is -1.92. The van der Waals surface area contributed by atoms with Crippen LogP contribution in [0.1, 0.15) is 29.5 Å². The van der Waals surface area contributed by atoms with E-state index in [1.165, 1.54) is 44.5 Å². The molecule has 0 bridgehead atoms. The molecule has 0 radical (unpaired) electrons. The number of rotatable bonds is 3. The van der Waals surface area contributed by atoms with E-state index in [1.54, 1.807) is 0 Å². The molecule has 0 aromatic heterocycles. The zero-order valence-electron chi connectivity index (χ0n) is 15.5. The van der Waals surface area contributed by atoms with E-state index in [1.807, 2.05) is 0 Å². The minimum Gasteiger partial charge on any atom is -0.0842 e. The summed E-state index contributed by atoms with van der Waals surface area (Å²) in [5.41, 5.74) is 10.7. The Morgan fingerprint density at radius 2 is 1.31 bits per heavy atom. The number of hydrogen-bond acceptors (Lipinski definition) is 0. The first-order chi connectivity index (χ1) is 12.7. The van der Waals surface area contributed by atoms with Gasteiger partial charge in [-0.25, -0.2) is 0 Å². The molecule has 0 atom stereocenters. The van der Waals surface area contributed by atoms with Crippen molar-refractivity contribution in [3.8, 4) is 22.3 Å². The van der Waals surface area contributed by atoms with Crippen molar-refractivity contribution in [2.75, 3.05) is 0 Å². The molecule has 0 aliphatic heterocycles. The number of hydrogen-bond donors (Lipinski definition) is 0. The highest BCUT2D eigenvalue weighted by Crippen LogP contribution is 2.33. The largest absolute Gasteiger partial charge is 0.0842 e. The molecule has 1 aliphatic carbocycles. The normalized spacial score (nSPS) is 13.5. The fraction of sp³-hybridized carbons (Fsp3) is 0.154. The van der Waals surface area contributed by atoms with Gasteiger partial charge in [0.25, 0.3) is 0 Å². The van der Waals surface area contributed by atoms with Crippen LogP contribution in [0.4, 0.5) is 0 Å². The molecule has 0 unspecified atom stereocenters. The van der Waals surface area contributed by atoms with E-state index in [0.717, 1.165) is 12.8 Å². The fourth-order valence-corrected chi connectivity index (χ4v) is 3.78. The van der Waals surface area contributed by atoms with Gasteiger partial charge in [0.05, 0.1) is 0 Å². The third-order valence-electron chi connectivity index (χ3n) is 5.23. The van der Waals surface area contributed by atoms with Gasteiger partial charge in [0, 0.05) is 0 Å². The van der Waals surface area contributed by atoms with Gasteiger partial charge in [-0.05, 0) is 71.2 Å². The van der Waals surface area contributed by atoms with Crippen molar-refractivity contribution in [3.05, 3.63) is 102 Å². The van der Waals surface area contributed by atoms with Crippen molar-refractivity contribution < 1.29 is 0 Å². The van der Waals surface area contributed by atoms with Gasteiger partial charge in [-0.1, -0.05) is 85.0 Å². The molecule has 128 valence electrons. The Morgan fingerprint density at radius 1 is 0.654 bits per heavy atom. The minimum absolute atomic E-state index is 1.14. The highest BCUT2D eigenvalue weighted by molar-refractivity contribution is 5.78. The summed E-state index contributed by atoms with van der Waals surface area (Å²) in [4.78, 5) is 0. The van der Waals surface area contributed by atoms with Gasteiger partial charge in [0.1, 0.15) is 0 Å². The van der Waals surface area contributed by atoms with Crippen LogP contribution in [0.25, 0.3) is 27.8 Å². The predicted molar refractivity (Wildman–Crippen MR) is 113 cm³/mol. The van der Waals surface area contributed by atoms with E-state index < -0.39 is 0 Å². The lowest BCUT2D eigenvalue weighted by atomic mass is 9.90. The van der Waals surface area contributed by atoms with Crippen LogP contribution in [-0.4, -0.2) is 0 Å². The first-order valence-corrected chi connectivity index (χ1v) is 9.35. The summed E-state index contributed by atoms with van der Waals surface area (Å²) in [5, 5.41) is 0. The van der Waals surface area contributed by atoms with Gasteiger partial charge in [-0.2, -0.15) is 0 Å². The summed E-state index contributed by atoms with van der Waals surface area (Å²) >= 11 is 0. The maximum Gasteiger partial charge on any atom is -0.0152 e. The zero-order valence-corrected chi connectivity index (χ0v) is 15.5. The SMILES string of the molecule is Cc1cc(C2=CC=CCC2)ccc1-c1ccc(-c2ccccc2)cc1C. The van der Waals surface area contributed by atoms with Gasteiger partial charge >= 0.3 is 0 Å². The van der Waals surface area contributed by atoms with E-state index in [0.29, 0.717) is 0 Å². The second-order valence-corrected chi connectivity index (χ2v) is 7.08. The molecule has 1 aliphatic rings. The standard InChI is InChI=1S/C26H24/c1-19-17-23(21-9-5-3-6-10-21)13-15-25(19)26-16-14-24(18-20(26)2)22-11-7-4-8-12-22/h3-7,9-11,13-18H,8,12H2,1-2H3. The molecule has 0 heterocycles. The lowest BCUT2D eigenvalue weighted by Gasteiger charge is -2.15. The summed E-state index contributed by atoms with van der Waals surface area (Å²) < 4.78 is 0. The first-order valence-electron chi connectivity index (χ1n) is 9.35. The summed E-state index contributed by atoms with van der Waals surface area (Å²) in [6, 6.07) is 24.3. The van der Waals surface area contributed by atoms with Crippen LogP contribution in [0.15, 0.2) is 85.0 Å². The van der Waals surface area contributed by atoms with Crippen LogP contribution in [0.5, 0.6) is 0 Å². The Balaban J connectivity index is 1.69. The molecule has 0 spiro atoms. The Hall–Kier alpha value is -2.86. The minimum atomic E-state index is 1.14. The van der Waals surface area contributed by atoms with Gasteiger partial charge in [-0.3, -0.25) is 0 Å². The van der Waals surface area contributed by atoms with Crippen LogP contribution in [-0.2, 0) is 0 Å². The van der Waals surface area contributed by atoms with Gasteiger partial charge in [-0.15, -0.1) is 0 Å². The highest BCUT2D eigenvalue weighted by Gasteiger charge is 2.10. The number of benzene rings is 3. The predicted octanol–water partition coefficient (Wildman–Crippen LogP) is 7.37. The Kier molecular flexibility index (Phi) is 4.58. The van der Waals surface area contributed by atoms with Crippen molar-refractivity contribution in [2.45, 2.75) is 26.7 Å². The third kappa shape index (κ3) is 3.28. The average molecular weight is 336 g/mol.